The van der Waals surface area contributed by atoms with Crippen LogP contribution in [0.15, 0.2) is 36.5 Å². The van der Waals surface area contributed by atoms with E-state index in [1.54, 1.807) is 23.0 Å². The van der Waals surface area contributed by atoms with Crippen LogP contribution in [0.4, 0.5) is 5.69 Å². The van der Waals surface area contributed by atoms with Gasteiger partial charge in [-0.1, -0.05) is 26.0 Å². The molecule has 0 bridgehead atoms. The van der Waals surface area contributed by atoms with Crippen molar-refractivity contribution in [3.63, 3.8) is 0 Å². The maximum atomic E-state index is 12.7. The number of H-pyrrole nitrogens is 1. The van der Waals surface area contributed by atoms with E-state index < -0.39 is 0 Å². The summed E-state index contributed by atoms with van der Waals surface area (Å²) in [6.45, 7) is 5.18. The number of nitrogens with one attached hydrogen (secondary N) is 1. The van der Waals surface area contributed by atoms with Gasteiger partial charge in [-0.2, -0.15) is 5.10 Å². The van der Waals surface area contributed by atoms with Gasteiger partial charge in [-0.05, 0) is 29.7 Å². The summed E-state index contributed by atoms with van der Waals surface area (Å²) < 4.78 is 0. The Hall–Kier alpha value is -2.63. The zero-order chi connectivity index (χ0) is 18.0. The quantitative estimate of drug-likeness (QED) is 0.909. The molecule has 25 heavy (non-hydrogen) atoms. The Balaban J connectivity index is 1.66. The van der Waals surface area contributed by atoms with Gasteiger partial charge in [0.15, 0.2) is 0 Å². The molecule has 2 amide bonds. The van der Waals surface area contributed by atoms with Crippen molar-refractivity contribution in [1.82, 2.24) is 15.1 Å². The molecule has 0 aliphatic carbocycles. The molecule has 6 nitrogen and oxygen atoms in total. The van der Waals surface area contributed by atoms with Crippen molar-refractivity contribution in [2.24, 2.45) is 5.92 Å². The summed E-state index contributed by atoms with van der Waals surface area (Å²) in [6.07, 6.45) is 1.92. The van der Waals surface area contributed by atoms with Crippen LogP contribution in [0.3, 0.4) is 0 Å². The molecule has 0 spiro atoms. The number of carbonyl (C=O) groups is 2. The molecule has 3 rings (SSSR count). The number of hydrogen-bond acceptors (Lipinski definition) is 3. The number of rotatable bonds is 5. The summed E-state index contributed by atoms with van der Waals surface area (Å²) in [5, 5.41) is 6.74. The molecule has 0 saturated carbocycles. The number of aromatic nitrogens is 2. The third kappa shape index (κ3) is 3.73. The highest BCUT2D eigenvalue weighted by Gasteiger charge is 2.36. The van der Waals surface area contributed by atoms with Gasteiger partial charge in [0.05, 0.1) is 18.2 Å². The second-order valence-corrected chi connectivity index (χ2v) is 6.93. The fourth-order valence-corrected chi connectivity index (χ4v) is 3.18. The summed E-state index contributed by atoms with van der Waals surface area (Å²) in [7, 11) is 1.76. The molecule has 0 unspecified atom stereocenters. The second-order valence-electron chi connectivity index (χ2n) is 6.93. The monoisotopic (exact) mass is 340 g/mol. The van der Waals surface area contributed by atoms with Crippen molar-refractivity contribution in [1.29, 1.82) is 0 Å². The number of amides is 2. The van der Waals surface area contributed by atoms with E-state index in [1.807, 2.05) is 30.3 Å². The summed E-state index contributed by atoms with van der Waals surface area (Å²) in [5.41, 5.74) is 2.98. The second kappa shape index (κ2) is 7.09. The Bertz CT molecular complexity index is 737. The average molecular weight is 340 g/mol. The van der Waals surface area contributed by atoms with Crippen molar-refractivity contribution in [3.05, 3.63) is 47.8 Å². The summed E-state index contributed by atoms with van der Waals surface area (Å²) in [5.74, 6) is 0.147. The van der Waals surface area contributed by atoms with Gasteiger partial charge in [0.25, 0.3) is 0 Å². The Morgan fingerprint density at radius 2 is 2.04 bits per heavy atom. The average Bonchev–Trinajstić information content (AvgIpc) is 3.23. The number of benzene rings is 1. The van der Waals surface area contributed by atoms with Crippen molar-refractivity contribution < 1.29 is 9.59 Å². The van der Waals surface area contributed by atoms with Crippen molar-refractivity contribution in [2.75, 3.05) is 18.5 Å². The lowest BCUT2D eigenvalue weighted by Gasteiger charge is -2.21. The van der Waals surface area contributed by atoms with Gasteiger partial charge >= 0.3 is 0 Å². The minimum Gasteiger partial charge on any atom is -0.340 e. The first-order chi connectivity index (χ1) is 12.0. The van der Waals surface area contributed by atoms with E-state index in [0.717, 1.165) is 11.4 Å². The first kappa shape index (κ1) is 17.2. The van der Waals surface area contributed by atoms with Gasteiger partial charge in [-0.3, -0.25) is 14.7 Å². The Morgan fingerprint density at radius 1 is 1.32 bits per heavy atom. The maximum Gasteiger partial charge on any atom is 0.228 e. The zero-order valence-electron chi connectivity index (χ0n) is 14.9. The number of aromatic amines is 1. The number of carbonyl (C=O) groups excluding carboxylic acids is 2. The maximum absolute atomic E-state index is 12.7. The lowest BCUT2D eigenvalue weighted by Crippen LogP contribution is -2.34. The van der Waals surface area contributed by atoms with Gasteiger partial charge < -0.3 is 9.80 Å². The molecule has 6 heteroatoms. The molecule has 1 saturated heterocycles. The molecule has 1 fully saturated rings. The van der Waals surface area contributed by atoms with Crippen LogP contribution in [-0.4, -0.2) is 40.5 Å². The van der Waals surface area contributed by atoms with Gasteiger partial charge in [0.1, 0.15) is 0 Å². The molecule has 0 radical (unpaired) electrons. The fourth-order valence-electron chi connectivity index (χ4n) is 3.18. The molecule has 1 aliphatic heterocycles. The molecular weight excluding hydrogens is 316 g/mol. The van der Waals surface area contributed by atoms with Crippen LogP contribution in [0.1, 0.15) is 37.4 Å². The highest BCUT2D eigenvalue weighted by Crippen LogP contribution is 2.27. The summed E-state index contributed by atoms with van der Waals surface area (Å²) in [6, 6.07) is 9.87. The van der Waals surface area contributed by atoms with Crippen LogP contribution in [0.5, 0.6) is 0 Å². The highest BCUT2D eigenvalue weighted by atomic mass is 16.2. The van der Waals surface area contributed by atoms with Crippen LogP contribution in [0.2, 0.25) is 0 Å². The number of nitrogens with zero attached hydrogens (tertiary/aromatic N) is 3. The molecular formula is C19H24N4O2. The SMILES string of the molecule is CC(C)c1ccc(N2C[C@H](C(=O)N(C)Cc3ccn[nH]3)CC2=O)cc1. The van der Waals surface area contributed by atoms with Gasteiger partial charge in [-0.15, -0.1) is 0 Å². The molecule has 1 aliphatic rings. The minimum atomic E-state index is -0.301. The van der Waals surface area contributed by atoms with E-state index in [2.05, 4.69) is 24.0 Å². The molecule has 1 aromatic heterocycles. The van der Waals surface area contributed by atoms with Gasteiger partial charge in [0, 0.05) is 31.9 Å². The largest absolute Gasteiger partial charge is 0.340 e. The fraction of sp³-hybridized carbons (Fsp3) is 0.421. The summed E-state index contributed by atoms with van der Waals surface area (Å²) in [4.78, 5) is 28.4. The van der Waals surface area contributed by atoms with E-state index in [9.17, 15) is 9.59 Å². The Morgan fingerprint density at radius 3 is 2.64 bits per heavy atom. The van der Waals surface area contributed by atoms with Crippen LogP contribution in [0, 0.1) is 5.92 Å². The van der Waals surface area contributed by atoms with E-state index in [0.29, 0.717) is 19.0 Å². The zero-order valence-corrected chi connectivity index (χ0v) is 14.9. The minimum absolute atomic E-state index is 0.00517. The predicted molar refractivity (Wildman–Crippen MR) is 96.1 cm³/mol. The Kier molecular flexibility index (Phi) is 4.88. The molecule has 2 heterocycles. The predicted octanol–water partition coefficient (Wildman–Crippen LogP) is 2.54. The van der Waals surface area contributed by atoms with E-state index in [1.165, 1.54) is 5.56 Å². The third-order valence-electron chi connectivity index (χ3n) is 4.69. The van der Waals surface area contributed by atoms with Crippen molar-refractivity contribution >= 4 is 17.5 Å². The highest BCUT2D eigenvalue weighted by molar-refractivity contribution is 6.00. The number of anilines is 1. The van der Waals surface area contributed by atoms with E-state index in [-0.39, 0.29) is 24.2 Å². The smallest absolute Gasteiger partial charge is 0.228 e. The lowest BCUT2D eigenvalue weighted by molar-refractivity contribution is -0.135. The van der Waals surface area contributed by atoms with Gasteiger partial charge in [-0.25, -0.2) is 0 Å². The van der Waals surface area contributed by atoms with E-state index >= 15 is 0 Å². The lowest BCUT2D eigenvalue weighted by atomic mass is 10.0. The molecule has 132 valence electrons. The molecule has 2 aromatic rings. The number of hydrogen-bond donors (Lipinski definition) is 1. The first-order valence-corrected chi connectivity index (χ1v) is 8.59. The van der Waals surface area contributed by atoms with Gasteiger partial charge in [0.2, 0.25) is 11.8 Å². The van der Waals surface area contributed by atoms with Crippen LogP contribution in [0.25, 0.3) is 0 Å². The third-order valence-corrected chi connectivity index (χ3v) is 4.69. The summed E-state index contributed by atoms with van der Waals surface area (Å²) >= 11 is 0. The van der Waals surface area contributed by atoms with Crippen molar-refractivity contribution in [2.45, 2.75) is 32.7 Å². The molecule has 1 atom stereocenters. The van der Waals surface area contributed by atoms with Crippen LogP contribution < -0.4 is 4.90 Å². The van der Waals surface area contributed by atoms with Crippen LogP contribution in [-0.2, 0) is 16.1 Å². The first-order valence-electron chi connectivity index (χ1n) is 8.59. The van der Waals surface area contributed by atoms with Crippen LogP contribution >= 0.6 is 0 Å². The topological polar surface area (TPSA) is 69.3 Å². The molecule has 1 N–H and O–H groups in total. The van der Waals surface area contributed by atoms with Crippen molar-refractivity contribution in [3.8, 4) is 0 Å². The Labute approximate surface area is 147 Å². The van der Waals surface area contributed by atoms with E-state index in [4.69, 9.17) is 0 Å². The standard InChI is InChI=1S/C19H24N4O2/c1-13(2)14-4-6-17(7-5-14)23-11-15(10-18(23)24)19(25)22(3)12-16-8-9-20-21-16/h4-9,13,15H,10-12H2,1-3H3,(H,20,21)/t15-/m1/s1. The molecule has 1 aromatic carbocycles. The normalized spacial score (nSPS) is 17.4.